The van der Waals surface area contributed by atoms with Gasteiger partial charge in [0, 0.05) is 30.1 Å². The normalized spacial score (nSPS) is 11.3. The smallest absolute Gasteiger partial charge is 0.231 e. The topological polar surface area (TPSA) is 75.6 Å². The molecule has 1 aromatic carbocycles. The quantitative estimate of drug-likeness (QED) is 0.778. The summed E-state index contributed by atoms with van der Waals surface area (Å²) in [5, 5.41) is 8.27. The predicted molar refractivity (Wildman–Crippen MR) is 90.5 cm³/mol. The molecular weight excluding hydrogens is 290 g/mol. The zero-order valence-corrected chi connectivity index (χ0v) is 13.8. The summed E-state index contributed by atoms with van der Waals surface area (Å²) in [6.45, 7) is 6.10. The van der Waals surface area contributed by atoms with Gasteiger partial charge in [-0.3, -0.25) is 10.1 Å². The molecule has 3 rings (SSSR count). The van der Waals surface area contributed by atoms with Crippen molar-refractivity contribution in [3.63, 3.8) is 0 Å². The molecular formula is C17H21N5O. The van der Waals surface area contributed by atoms with Crippen molar-refractivity contribution in [3.05, 3.63) is 41.3 Å². The molecule has 2 heterocycles. The number of carbonyl (C=O) groups excluding carboxylic acids is 1. The number of H-pyrrole nitrogens is 1. The fraction of sp³-hybridized carbons (Fsp3) is 0.353. The van der Waals surface area contributed by atoms with E-state index in [-0.39, 0.29) is 11.8 Å². The second-order valence-electron chi connectivity index (χ2n) is 6.11. The van der Waals surface area contributed by atoms with Gasteiger partial charge in [-0.15, -0.1) is 0 Å². The molecule has 0 aliphatic heterocycles. The third kappa shape index (κ3) is 2.97. The van der Waals surface area contributed by atoms with Crippen LogP contribution in [0.25, 0.3) is 10.9 Å². The zero-order valence-electron chi connectivity index (χ0n) is 13.8. The van der Waals surface area contributed by atoms with Crippen LogP contribution in [0, 0.1) is 6.92 Å². The minimum atomic E-state index is -0.0973. The van der Waals surface area contributed by atoms with Gasteiger partial charge in [-0.2, -0.15) is 10.1 Å². The molecule has 23 heavy (non-hydrogen) atoms. The van der Waals surface area contributed by atoms with E-state index in [2.05, 4.69) is 33.4 Å². The lowest BCUT2D eigenvalue weighted by Gasteiger charge is -2.04. The number of nitrogens with zero attached hydrogens (tertiary/aromatic N) is 3. The molecule has 3 aromatic rings. The van der Waals surface area contributed by atoms with E-state index < -0.39 is 0 Å². The maximum atomic E-state index is 12.4. The SMILES string of the molecule is Cc1cccc2[nH]cc(CC(=O)Nc3nc(C(C)C)nn3C)c12. The van der Waals surface area contributed by atoms with Crippen LogP contribution in [0.2, 0.25) is 0 Å². The van der Waals surface area contributed by atoms with Crippen molar-refractivity contribution in [3.8, 4) is 0 Å². The monoisotopic (exact) mass is 311 g/mol. The van der Waals surface area contributed by atoms with Crippen LogP contribution >= 0.6 is 0 Å². The molecule has 0 bridgehead atoms. The van der Waals surface area contributed by atoms with Gasteiger partial charge in [-0.1, -0.05) is 26.0 Å². The third-order valence-electron chi connectivity index (χ3n) is 3.89. The summed E-state index contributed by atoms with van der Waals surface area (Å²) in [6, 6.07) is 6.07. The molecule has 2 aromatic heterocycles. The van der Waals surface area contributed by atoms with Crippen molar-refractivity contribution >= 4 is 22.8 Å². The van der Waals surface area contributed by atoms with Gasteiger partial charge in [-0.05, 0) is 24.1 Å². The molecule has 6 nitrogen and oxygen atoms in total. The number of aromatic nitrogens is 4. The van der Waals surface area contributed by atoms with Gasteiger partial charge in [0.1, 0.15) is 0 Å². The lowest BCUT2D eigenvalue weighted by atomic mass is 10.1. The van der Waals surface area contributed by atoms with Gasteiger partial charge in [0.2, 0.25) is 11.9 Å². The zero-order chi connectivity index (χ0) is 16.6. The predicted octanol–water partition coefficient (Wildman–Crippen LogP) is 2.91. The minimum Gasteiger partial charge on any atom is -0.361 e. The fourth-order valence-electron chi connectivity index (χ4n) is 2.69. The minimum absolute atomic E-state index is 0.0973. The number of amides is 1. The van der Waals surface area contributed by atoms with Crippen molar-refractivity contribution in [2.24, 2.45) is 7.05 Å². The molecule has 0 unspecified atom stereocenters. The van der Waals surface area contributed by atoms with Crippen LogP contribution in [0.3, 0.4) is 0 Å². The van der Waals surface area contributed by atoms with Crippen LogP contribution in [0.5, 0.6) is 0 Å². The third-order valence-corrected chi connectivity index (χ3v) is 3.89. The number of rotatable bonds is 4. The number of aromatic amines is 1. The number of anilines is 1. The molecule has 0 spiro atoms. The lowest BCUT2D eigenvalue weighted by Crippen LogP contribution is -2.17. The molecule has 120 valence electrons. The second kappa shape index (κ2) is 5.87. The number of fused-ring (bicyclic) bond motifs is 1. The maximum absolute atomic E-state index is 12.4. The summed E-state index contributed by atoms with van der Waals surface area (Å²) in [5.74, 6) is 1.34. The van der Waals surface area contributed by atoms with Crippen molar-refractivity contribution in [1.29, 1.82) is 0 Å². The Morgan fingerprint density at radius 1 is 1.39 bits per heavy atom. The number of hydrogen-bond acceptors (Lipinski definition) is 3. The molecule has 1 amide bonds. The van der Waals surface area contributed by atoms with Crippen LogP contribution < -0.4 is 5.32 Å². The standard InChI is InChI=1S/C17H21N5O/c1-10(2)16-20-17(22(4)21-16)19-14(23)8-12-9-18-13-7-5-6-11(3)15(12)13/h5-7,9-10,18H,8H2,1-4H3,(H,19,20,21,23). The Bertz CT molecular complexity index is 859. The number of carbonyl (C=O) groups is 1. The van der Waals surface area contributed by atoms with E-state index in [0.29, 0.717) is 12.4 Å². The Morgan fingerprint density at radius 3 is 2.87 bits per heavy atom. The summed E-state index contributed by atoms with van der Waals surface area (Å²) in [4.78, 5) is 19.9. The van der Waals surface area contributed by atoms with Crippen LogP contribution in [-0.4, -0.2) is 25.7 Å². The fourth-order valence-corrected chi connectivity index (χ4v) is 2.69. The average Bonchev–Trinajstić information content (AvgIpc) is 3.05. The van der Waals surface area contributed by atoms with Crippen LogP contribution in [-0.2, 0) is 18.3 Å². The Balaban J connectivity index is 1.79. The van der Waals surface area contributed by atoms with E-state index >= 15 is 0 Å². The highest BCUT2D eigenvalue weighted by atomic mass is 16.1. The number of benzene rings is 1. The number of hydrogen-bond donors (Lipinski definition) is 2. The van der Waals surface area contributed by atoms with E-state index in [0.717, 1.165) is 27.9 Å². The first-order valence-electron chi connectivity index (χ1n) is 7.72. The van der Waals surface area contributed by atoms with Crippen molar-refractivity contribution in [2.45, 2.75) is 33.1 Å². The van der Waals surface area contributed by atoms with Crippen LogP contribution in [0.15, 0.2) is 24.4 Å². The molecule has 0 saturated carbocycles. The Morgan fingerprint density at radius 2 is 2.17 bits per heavy atom. The molecule has 0 fully saturated rings. The number of aryl methyl sites for hydroxylation is 2. The van der Waals surface area contributed by atoms with Crippen molar-refractivity contribution in [1.82, 2.24) is 19.7 Å². The second-order valence-corrected chi connectivity index (χ2v) is 6.11. The van der Waals surface area contributed by atoms with Gasteiger partial charge >= 0.3 is 0 Å². The van der Waals surface area contributed by atoms with E-state index in [4.69, 9.17) is 0 Å². The first-order valence-corrected chi connectivity index (χ1v) is 7.72. The summed E-state index contributed by atoms with van der Waals surface area (Å²) in [5.41, 5.74) is 3.20. The summed E-state index contributed by atoms with van der Waals surface area (Å²) >= 11 is 0. The molecule has 0 radical (unpaired) electrons. The van der Waals surface area contributed by atoms with Gasteiger partial charge in [0.25, 0.3) is 0 Å². The highest BCUT2D eigenvalue weighted by molar-refractivity contribution is 5.95. The molecule has 2 N–H and O–H groups in total. The molecule has 0 atom stereocenters. The summed E-state index contributed by atoms with van der Waals surface area (Å²) in [6.07, 6.45) is 2.20. The van der Waals surface area contributed by atoms with Crippen molar-refractivity contribution in [2.75, 3.05) is 5.32 Å². The average molecular weight is 311 g/mol. The first kappa shape index (κ1) is 15.3. The molecule has 0 aliphatic carbocycles. The van der Waals surface area contributed by atoms with Crippen LogP contribution in [0.4, 0.5) is 5.95 Å². The maximum Gasteiger partial charge on any atom is 0.231 e. The van der Waals surface area contributed by atoms with E-state index in [9.17, 15) is 4.79 Å². The largest absolute Gasteiger partial charge is 0.361 e. The Labute approximate surface area is 134 Å². The van der Waals surface area contributed by atoms with Gasteiger partial charge in [0.15, 0.2) is 5.82 Å². The summed E-state index contributed by atoms with van der Waals surface area (Å²) in [7, 11) is 1.78. The van der Waals surface area contributed by atoms with Crippen molar-refractivity contribution < 1.29 is 4.79 Å². The highest BCUT2D eigenvalue weighted by Crippen LogP contribution is 2.22. The first-order chi connectivity index (χ1) is 11.0. The van der Waals surface area contributed by atoms with Gasteiger partial charge in [0.05, 0.1) is 6.42 Å². The lowest BCUT2D eigenvalue weighted by molar-refractivity contribution is -0.115. The van der Waals surface area contributed by atoms with E-state index in [1.54, 1.807) is 11.7 Å². The Hall–Kier alpha value is -2.63. The Kier molecular flexibility index (Phi) is 3.90. The number of nitrogens with one attached hydrogen (secondary N) is 2. The molecule has 0 aliphatic rings. The van der Waals surface area contributed by atoms with Crippen LogP contribution in [0.1, 0.15) is 36.7 Å². The van der Waals surface area contributed by atoms with E-state index in [1.807, 2.05) is 32.2 Å². The molecule has 6 heteroatoms. The van der Waals surface area contributed by atoms with Gasteiger partial charge < -0.3 is 4.98 Å². The van der Waals surface area contributed by atoms with E-state index in [1.165, 1.54) is 0 Å². The highest BCUT2D eigenvalue weighted by Gasteiger charge is 2.15. The van der Waals surface area contributed by atoms with Gasteiger partial charge in [-0.25, -0.2) is 4.68 Å². The summed E-state index contributed by atoms with van der Waals surface area (Å²) < 4.78 is 1.60. The molecule has 0 saturated heterocycles.